The number of aromatic amines is 1. The number of anilines is 1. The Balaban J connectivity index is 1.42. The average Bonchev–Trinajstić information content (AvgIpc) is 3.62. The molecular weight excluding hydrogens is 460 g/mol. The molecule has 0 aliphatic carbocycles. The molecule has 0 aromatic carbocycles. The maximum atomic E-state index is 12.7. The highest BCUT2D eigenvalue weighted by molar-refractivity contribution is 6.00. The van der Waals surface area contributed by atoms with Gasteiger partial charge in [0.05, 0.1) is 24.6 Å². The van der Waals surface area contributed by atoms with Gasteiger partial charge >= 0.3 is 6.09 Å². The largest absolute Gasteiger partial charge is 0.453 e. The van der Waals surface area contributed by atoms with Crippen molar-refractivity contribution in [2.75, 3.05) is 12.8 Å². The number of methoxy groups -OCH3 is 1. The third-order valence-electron chi connectivity index (χ3n) is 7.38. The molecule has 36 heavy (non-hydrogen) atoms. The Labute approximate surface area is 206 Å². The summed E-state index contributed by atoms with van der Waals surface area (Å²) in [6, 6.07) is 3.94. The van der Waals surface area contributed by atoms with Crippen molar-refractivity contribution in [1.29, 1.82) is 0 Å². The molecule has 1 amide bonds. The van der Waals surface area contributed by atoms with Gasteiger partial charge in [-0.2, -0.15) is 9.61 Å². The molecule has 3 atom stereocenters. The van der Waals surface area contributed by atoms with E-state index in [0.717, 1.165) is 29.7 Å². The van der Waals surface area contributed by atoms with Gasteiger partial charge in [0.1, 0.15) is 11.5 Å². The number of ether oxygens (including phenoxy) is 1. The number of aromatic nitrogens is 6. The lowest BCUT2D eigenvalue weighted by Gasteiger charge is -2.38. The average molecular weight is 487 g/mol. The normalized spacial score (nSPS) is 21.2. The lowest BCUT2D eigenvalue weighted by Crippen LogP contribution is -2.46. The number of nitrogens with one attached hydrogen (secondary N) is 1. The van der Waals surface area contributed by atoms with Gasteiger partial charge in [-0.15, -0.1) is 0 Å². The first-order valence-corrected chi connectivity index (χ1v) is 12.0. The maximum absolute atomic E-state index is 12.7. The first-order valence-electron chi connectivity index (χ1n) is 12.0. The molecule has 184 valence electrons. The van der Waals surface area contributed by atoms with Crippen molar-refractivity contribution in [3.63, 3.8) is 0 Å². The van der Waals surface area contributed by atoms with Gasteiger partial charge in [-0.25, -0.2) is 14.8 Å². The number of piperidine rings is 1. The number of carbonyl (C=O) groups is 2. The lowest BCUT2D eigenvalue weighted by atomic mass is 9.85. The molecule has 4 aromatic heterocycles. The Kier molecular flexibility index (Phi) is 5.20. The zero-order chi connectivity index (χ0) is 25.0. The monoisotopic (exact) mass is 486 g/mol. The van der Waals surface area contributed by atoms with Crippen LogP contribution in [0.1, 0.15) is 54.6 Å². The van der Waals surface area contributed by atoms with Crippen LogP contribution in [-0.4, -0.2) is 65.5 Å². The summed E-state index contributed by atoms with van der Waals surface area (Å²) in [6.07, 6.45) is 9.82. The second-order valence-corrected chi connectivity index (χ2v) is 9.41. The molecular formula is C25H26N8O3. The summed E-state index contributed by atoms with van der Waals surface area (Å²) < 4.78 is 6.53. The smallest absolute Gasteiger partial charge is 0.409 e. The SMILES string of the molecule is COC(=O)N1C2CC[C@H]1CC(c1nc3c(-c4ccc(-c5ncc[nH]5)nc4)cnn3c(N)c1C(C)=O)C2. The van der Waals surface area contributed by atoms with E-state index >= 15 is 0 Å². The molecule has 2 bridgehead atoms. The number of H-pyrrole nitrogens is 1. The van der Waals surface area contributed by atoms with E-state index in [1.165, 1.54) is 18.5 Å². The summed E-state index contributed by atoms with van der Waals surface area (Å²) in [5, 5.41) is 4.45. The molecule has 2 aliphatic heterocycles. The summed E-state index contributed by atoms with van der Waals surface area (Å²) in [4.78, 5) is 43.7. The summed E-state index contributed by atoms with van der Waals surface area (Å²) >= 11 is 0. The number of Topliss-reactive ketones (excluding diaryl/α,β-unsaturated/α-hetero) is 1. The van der Waals surface area contributed by atoms with Gasteiger partial charge in [0.25, 0.3) is 0 Å². The fourth-order valence-electron chi connectivity index (χ4n) is 5.80. The van der Waals surface area contributed by atoms with Crippen molar-refractivity contribution in [2.24, 2.45) is 0 Å². The Morgan fingerprint density at radius 1 is 1.14 bits per heavy atom. The molecule has 2 fully saturated rings. The highest BCUT2D eigenvalue weighted by Crippen LogP contribution is 2.44. The quantitative estimate of drug-likeness (QED) is 0.417. The van der Waals surface area contributed by atoms with Gasteiger partial charge in [0, 0.05) is 47.7 Å². The van der Waals surface area contributed by atoms with Crippen molar-refractivity contribution in [3.8, 4) is 22.6 Å². The van der Waals surface area contributed by atoms with Crippen LogP contribution in [0.5, 0.6) is 0 Å². The van der Waals surface area contributed by atoms with E-state index in [2.05, 4.69) is 20.1 Å². The maximum Gasteiger partial charge on any atom is 0.409 e. The zero-order valence-electron chi connectivity index (χ0n) is 20.0. The summed E-state index contributed by atoms with van der Waals surface area (Å²) in [5.74, 6) is 0.805. The minimum Gasteiger partial charge on any atom is -0.453 e. The third kappa shape index (κ3) is 3.42. The number of carbonyl (C=O) groups excluding carboxylic acids is 2. The summed E-state index contributed by atoms with van der Waals surface area (Å²) in [7, 11) is 1.41. The number of hydrogen-bond acceptors (Lipinski definition) is 8. The lowest BCUT2D eigenvalue weighted by molar-refractivity contribution is 0.0800. The third-order valence-corrected chi connectivity index (χ3v) is 7.38. The molecule has 2 unspecified atom stereocenters. The van der Waals surface area contributed by atoms with E-state index in [9.17, 15) is 9.59 Å². The molecule has 6 rings (SSSR count). The Hall–Kier alpha value is -4.28. The minimum atomic E-state index is -0.292. The number of nitrogens with zero attached hydrogens (tertiary/aromatic N) is 6. The first kappa shape index (κ1) is 22.2. The first-order chi connectivity index (χ1) is 17.5. The standard InChI is InChI=1S/C25H26N8O3/c1-13(34)20-21(15-9-16-4-5-17(10-15)32(16)25(35)36-2)31-24-18(12-30-33(24)22(20)26)14-3-6-19(29-11-14)23-27-7-8-28-23/h3,6-8,11-12,15-17H,4-5,9-10,26H2,1-2H3,(H,27,28)/t15?,16-,17?/m0/s1. The molecule has 2 saturated heterocycles. The van der Waals surface area contributed by atoms with E-state index < -0.39 is 0 Å². The van der Waals surface area contributed by atoms with Crippen LogP contribution in [0, 0.1) is 0 Å². The van der Waals surface area contributed by atoms with Crippen molar-refractivity contribution in [3.05, 3.63) is 48.2 Å². The van der Waals surface area contributed by atoms with E-state index in [0.29, 0.717) is 35.6 Å². The number of rotatable bonds is 4. The van der Waals surface area contributed by atoms with Crippen molar-refractivity contribution in [2.45, 2.75) is 50.6 Å². The van der Waals surface area contributed by atoms with Crippen LogP contribution in [0.25, 0.3) is 28.3 Å². The second kappa shape index (κ2) is 8.43. The molecule has 0 radical (unpaired) electrons. The summed E-state index contributed by atoms with van der Waals surface area (Å²) in [6.45, 7) is 1.50. The topological polar surface area (TPSA) is 144 Å². The molecule has 11 heteroatoms. The Morgan fingerprint density at radius 3 is 2.53 bits per heavy atom. The van der Waals surface area contributed by atoms with Gasteiger partial charge in [-0.1, -0.05) is 6.07 Å². The number of imidazole rings is 1. The van der Waals surface area contributed by atoms with Crippen LogP contribution >= 0.6 is 0 Å². The highest BCUT2D eigenvalue weighted by Gasteiger charge is 2.45. The Bertz CT molecular complexity index is 1450. The number of amides is 1. The van der Waals surface area contributed by atoms with Crippen molar-refractivity contribution >= 4 is 23.3 Å². The van der Waals surface area contributed by atoms with Crippen molar-refractivity contribution < 1.29 is 14.3 Å². The van der Waals surface area contributed by atoms with Gasteiger partial charge in [-0.05, 0) is 38.7 Å². The van der Waals surface area contributed by atoms with Crippen LogP contribution in [0.15, 0.2) is 36.9 Å². The van der Waals surface area contributed by atoms with E-state index in [1.54, 1.807) is 24.8 Å². The van der Waals surface area contributed by atoms with Gasteiger partial charge in [-0.3, -0.25) is 9.78 Å². The fourth-order valence-corrected chi connectivity index (χ4v) is 5.80. The predicted molar refractivity (Wildman–Crippen MR) is 131 cm³/mol. The van der Waals surface area contributed by atoms with E-state index in [1.807, 2.05) is 17.0 Å². The number of hydrogen-bond donors (Lipinski definition) is 2. The molecule has 6 heterocycles. The number of ketones is 1. The molecule has 0 spiro atoms. The van der Waals surface area contributed by atoms with Crippen LogP contribution < -0.4 is 5.73 Å². The van der Waals surface area contributed by atoms with E-state index in [4.69, 9.17) is 15.5 Å². The Morgan fingerprint density at radius 2 is 1.92 bits per heavy atom. The molecule has 3 N–H and O–H groups in total. The van der Waals surface area contributed by atoms with Crippen LogP contribution in [0.4, 0.5) is 10.6 Å². The fraction of sp³-hybridized carbons (Fsp3) is 0.360. The second-order valence-electron chi connectivity index (χ2n) is 9.41. The molecule has 0 saturated carbocycles. The van der Waals surface area contributed by atoms with Crippen molar-refractivity contribution in [1.82, 2.24) is 34.4 Å². The predicted octanol–water partition coefficient (Wildman–Crippen LogP) is 3.44. The minimum absolute atomic E-state index is 0.00295. The molecule has 11 nitrogen and oxygen atoms in total. The van der Waals surface area contributed by atoms with E-state index in [-0.39, 0.29) is 35.7 Å². The summed E-state index contributed by atoms with van der Waals surface area (Å²) in [5.41, 5.74) is 10.5. The zero-order valence-corrected chi connectivity index (χ0v) is 20.0. The molecule has 4 aromatic rings. The molecule has 2 aliphatic rings. The van der Waals surface area contributed by atoms with Crippen LogP contribution in [0.3, 0.4) is 0 Å². The van der Waals surface area contributed by atoms with Gasteiger partial charge < -0.3 is 20.4 Å². The van der Waals surface area contributed by atoms with Gasteiger partial charge in [0.15, 0.2) is 17.3 Å². The highest BCUT2D eigenvalue weighted by atomic mass is 16.5. The number of fused-ring (bicyclic) bond motifs is 3. The number of pyridine rings is 1. The van der Waals surface area contributed by atoms with Crippen LogP contribution in [-0.2, 0) is 4.74 Å². The van der Waals surface area contributed by atoms with Crippen LogP contribution in [0.2, 0.25) is 0 Å². The van der Waals surface area contributed by atoms with Gasteiger partial charge in [0.2, 0.25) is 0 Å². The number of nitrogens with two attached hydrogens (primary N) is 1. The number of nitrogen functional groups attached to an aromatic ring is 1.